The minimum Gasteiger partial charge on any atom is -0.339 e. The molecule has 0 radical (unpaired) electrons. The summed E-state index contributed by atoms with van der Waals surface area (Å²) >= 11 is 5.81. The molecule has 27 heavy (non-hydrogen) atoms. The molecule has 0 aliphatic carbocycles. The van der Waals surface area contributed by atoms with Crippen LogP contribution in [-0.2, 0) is 4.79 Å². The zero-order valence-corrected chi connectivity index (χ0v) is 15.1. The predicted octanol–water partition coefficient (Wildman–Crippen LogP) is 4.08. The molecule has 7 nitrogen and oxygen atoms in total. The summed E-state index contributed by atoms with van der Waals surface area (Å²) in [4.78, 5) is 23.2. The van der Waals surface area contributed by atoms with E-state index in [0.717, 1.165) is 5.69 Å². The molecule has 2 aromatic carbocycles. The molecule has 0 unspecified atom stereocenters. The third kappa shape index (κ3) is 5.26. The van der Waals surface area contributed by atoms with Gasteiger partial charge < -0.3 is 16.0 Å². The molecule has 3 rings (SSSR count). The summed E-state index contributed by atoms with van der Waals surface area (Å²) in [6, 6.07) is 17.1. The molecule has 0 aliphatic rings. The highest BCUT2D eigenvalue weighted by molar-refractivity contribution is 6.30. The summed E-state index contributed by atoms with van der Waals surface area (Å²) in [5.74, 6) is 0.432. The molecule has 1 aromatic heterocycles. The lowest BCUT2D eigenvalue weighted by Crippen LogP contribution is -2.13. The predicted molar refractivity (Wildman–Crippen MR) is 105 cm³/mol. The molecule has 8 heteroatoms. The van der Waals surface area contributed by atoms with Crippen molar-refractivity contribution in [2.45, 2.75) is 6.92 Å². The highest BCUT2D eigenvalue weighted by atomic mass is 35.5. The van der Waals surface area contributed by atoms with Crippen LogP contribution in [0, 0.1) is 0 Å². The smallest absolute Gasteiger partial charge is 0.256 e. The van der Waals surface area contributed by atoms with Crippen molar-refractivity contribution < 1.29 is 9.59 Å². The molecule has 0 atom stereocenters. The Labute approximate surface area is 160 Å². The molecular formula is C19H16ClN5O2. The maximum Gasteiger partial charge on any atom is 0.256 e. The molecule has 0 fully saturated rings. The second-order valence-corrected chi connectivity index (χ2v) is 6.08. The van der Waals surface area contributed by atoms with E-state index in [-0.39, 0.29) is 11.8 Å². The Morgan fingerprint density at radius 2 is 1.37 bits per heavy atom. The number of hydrogen-bond acceptors (Lipinski definition) is 5. The Bertz CT molecular complexity index is 941. The summed E-state index contributed by atoms with van der Waals surface area (Å²) in [6.07, 6.45) is 0. The van der Waals surface area contributed by atoms with Crippen molar-refractivity contribution in [2.24, 2.45) is 0 Å². The maximum absolute atomic E-state index is 12.1. The van der Waals surface area contributed by atoms with Crippen LogP contribution in [0.15, 0.2) is 60.7 Å². The van der Waals surface area contributed by atoms with E-state index in [2.05, 4.69) is 26.1 Å². The highest BCUT2D eigenvalue weighted by Gasteiger charge is 2.07. The maximum atomic E-state index is 12.1. The first-order valence-corrected chi connectivity index (χ1v) is 8.43. The molecule has 1 heterocycles. The zero-order chi connectivity index (χ0) is 19.2. The summed E-state index contributed by atoms with van der Waals surface area (Å²) in [5.41, 5.74) is 1.97. The van der Waals surface area contributed by atoms with Crippen LogP contribution in [0.25, 0.3) is 0 Å². The third-order valence-electron chi connectivity index (χ3n) is 3.49. The molecule has 3 aromatic rings. The topological polar surface area (TPSA) is 96.0 Å². The Hall–Kier alpha value is -3.45. The average molecular weight is 382 g/mol. The number of halogens is 1. The number of rotatable bonds is 5. The second-order valence-electron chi connectivity index (χ2n) is 5.65. The van der Waals surface area contributed by atoms with E-state index in [1.54, 1.807) is 48.5 Å². The minimum absolute atomic E-state index is 0.127. The van der Waals surface area contributed by atoms with Crippen LogP contribution >= 0.6 is 11.6 Å². The molecule has 136 valence electrons. The Balaban J connectivity index is 1.60. The summed E-state index contributed by atoms with van der Waals surface area (Å²) < 4.78 is 0. The van der Waals surface area contributed by atoms with Gasteiger partial charge in [-0.2, -0.15) is 0 Å². The van der Waals surface area contributed by atoms with E-state index in [0.29, 0.717) is 27.9 Å². The molecule has 0 spiro atoms. The Morgan fingerprint density at radius 1 is 0.778 bits per heavy atom. The summed E-state index contributed by atoms with van der Waals surface area (Å²) in [6.45, 7) is 1.45. The van der Waals surface area contributed by atoms with Crippen LogP contribution in [0.4, 0.5) is 23.0 Å². The van der Waals surface area contributed by atoms with Crippen molar-refractivity contribution >= 4 is 46.4 Å². The molecule has 0 saturated carbocycles. The summed E-state index contributed by atoms with van der Waals surface area (Å²) in [7, 11) is 0. The molecule has 2 amide bonds. The van der Waals surface area contributed by atoms with Gasteiger partial charge in [0.25, 0.3) is 5.91 Å². The lowest BCUT2D eigenvalue weighted by molar-refractivity contribution is -0.114. The van der Waals surface area contributed by atoms with Crippen LogP contribution < -0.4 is 16.0 Å². The number of aromatic nitrogens is 2. The van der Waals surface area contributed by atoms with Crippen molar-refractivity contribution in [1.29, 1.82) is 0 Å². The minimum atomic E-state index is -0.296. The van der Waals surface area contributed by atoms with Gasteiger partial charge in [0.15, 0.2) is 11.6 Å². The molecule has 0 bridgehead atoms. The van der Waals surface area contributed by atoms with E-state index < -0.39 is 0 Å². The van der Waals surface area contributed by atoms with Gasteiger partial charge in [-0.05, 0) is 60.7 Å². The fraction of sp³-hybridized carbons (Fsp3) is 0.0526. The number of nitrogens with zero attached hydrogens (tertiary/aromatic N) is 2. The fourth-order valence-electron chi connectivity index (χ4n) is 2.24. The number of carbonyl (C=O) groups excluding carboxylic acids is 2. The van der Waals surface area contributed by atoms with Crippen molar-refractivity contribution in [1.82, 2.24) is 10.2 Å². The molecule has 0 aliphatic heterocycles. The Kier molecular flexibility index (Phi) is 5.63. The van der Waals surface area contributed by atoms with Gasteiger partial charge in [-0.1, -0.05) is 11.6 Å². The van der Waals surface area contributed by atoms with E-state index in [9.17, 15) is 9.59 Å². The number of carbonyl (C=O) groups is 2. The number of nitrogens with one attached hydrogen (secondary N) is 3. The number of hydrogen-bond donors (Lipinski definition) is 3. The van der Waals surface area contributed by atoms with Gasteiger partial charge in [0.05, 0.1) is 0 Å². The van der Waals surface area contributed by atoms with E-state index >= 15 is 0 Å². The van der Waals surface area contributed by atoms with Crippen molar-refractivity contribution in [3.8, 4) is 0 Å². The first-order valence-electron chi connectivity index (χ1n) is 8.05. The normalized spacial score (nSPS) is 10.1. The van der Waals surface area contributed by atoms with Gasteiger partial charge in [0, 0.05) is 28.9 Å². The van der Waals surface area contributed by atoms with Crippen molar-refractivity contribution in [3.63, 3.8) is 0 Å². The first-order chi connectivity index (χ1) is 13.0. The monoisotopic (exact) mass is 381 g/mol. The van der Waals surface area contributed by atoms with Gasteiger partial charge in [0.2, 0.25) is 5.91 Å². The van der Waals surface area contributed by atoms with Gasteiger partial charge in [-0.25, -0.2) is 0 Å². The number of benzene rings is 2. The fourth-order valence-corrected chi connectivity index (χ4v) is 2.37. The molecule has 0 saturated heterocycles. The highest BCUT2D eigenvalue weighted by Crippen LogP contribution is 2.18. The average Bonchev–Trinajstić information content (AvgIpc) is 2.65. The SMILES string of the molecule is CC(=O)Nc1ccc(Nc2ccc(NC(=O)c3ccc(Cl)cc3)nn2)cc1. The van der Waals surface area contributed by atoms with Crippen LogP contribution in [0.5, 0.6) is 0 Å². The van der Waals surface area contributed by atoms with Crippen LogP contribution in [0.2, 0.25) is 5.02 Å². The second kappa shape index (κ2) is 8.29. The summed E-state index contributed by atoms with van der Waals surface area (Å²) in [5, 5.41) is 17.0. The standard InChI is InChI=1S/C19H16ClN5O2/c1-12(26)21-15-6-8-16(9-7-15)22-17-10-11-18(25-24-17)23-19(27)13-2-4-14(20)5-3-13/h2-11H,1H3,(H,21,26)(H,22,24)(H,23,25,27). The van der Waals surface area contributed by atoms with Gasteiger partial charge >= 0.3 is 0 Å². The van der Waals surface area contributed by atoms with Crippen LogP contribution in [0.3, 0.4) is 0 Å². The van der Waals surface area contributed by atoms with Crippen molar-refractivity contribution in [2.75, 3.05) is 16.0 Å². The van der Waals surface area contributed by atoms with E-state index in [1.165, 1.54) is 6.92 Å². The third-order valence-corrected chi connectivity index (χ3v) is 3.74. The number of anilines is 4. The van der Waals surface area contributed by atoms with Gasteiger partial charge in [0.1, 0.15) is 0 Å². The zero-order valence-electron chi connectivity index (χ0n) is 14.4. The van der Waals surface area contributed by atoms with Crippen molar-refractivity contribution in [3.05, 3.63) is 71.2 Å². The van der Waals surface area contributed by atoms with Gasteiger partial charge in [-0.3, -0.25) is 9.59 Å². The molecular weight excluding hydrogens is 366 g/mol. The van der Waals surface area contributed by atoms with E-state index in [1.807, 2.05) is 12.1 Å². The Morgan fingerprint density at radius 3 is 1.96 bits per heavy atom. The van der Waals surface area contributed by atoms with Gasteiger partial charge in [-0.15, -0.1) is 10.2 Å². The molecule has 3 N–H and O–H groups in total. The lowest BCUT2D eigenvalue weighted by Gasteiger charge is -2.08. The largest absolute Gasteiger partial charge is 0.339 e. The van der Waals surface area contributed by atoms with Crippen LogP contribution in [-0.4, -0.2) is 22.0 Å². The lowest BCUT2D eigenvalue weighted by atomic mass is 10.2. The van der Waals surface area contributed by atoms with Crippen LogP contribution in [0.1, 0.15) is 17.3 Å². The van der Waals surface area contributed by atoms with E-state index in [4.69, 9.17) is 11.6 Å². The quantitative estimate of drug-likeness (QED) is 0.618. The first kappa shape index (κ1) is 18.3. The number of amides is 2.